The van der Waals surface area contributed by atoms with Crippen LogP contribution in [0.25, 0.3) is 22.5 Å². The van der Waals surface area contributed by atoms with Crippen molar-refractivity contribution in [2.75, 3.05) is 5.32 Å². The summed E-state index contributed by atoms with van der Waals surface area (Å²) < 4.78 is 8.87. The molecule has 4 rings (SSSR count). The van der Waals surface area contributed by atoms with Crippen LogP contribution in [0.5, 0.6) is 0 Å². The molecule has 2 N–H and O–H groups in total. The standard InChI is InChI=1S/C22H23N5O4S/c1-3-10-26-17-6-4-5-7-18(17)27(22(26)30)12-20(29)25-21-24-16(13-32-21)19-9-8-15(31-19)11-23-14(2)28/h4-9,13H,3,10-12H2,1-2H3,(H,23,28)(H,24,25,29). The molecule has 0 unspecified atom stereocenters. The van der Waals surface area contributed by atoms with Gasteiger partial charge >= 0.3 is 5.69 Å². The summed E-state index contributed by atoms with van der Waals surface area (Å²) >= 11 is 1.27. The number of para-hydroxylation sites is 2. The van der Waals surface area contributed by atoms with E-state index in [4.69, 9.17) is 4.42 Å². The Kier molecular flexibility index (Phi) is 6.22. The molecule has 0 aliphatic heterocycles. The van der Waals surface area contributed by atoms with Gasteiger partial charge in [-0.3, -0.25) is 18.7 Å². The van der Waals surface area contributed by atoms with E-state index in [0.29, 0.717) is 35.4 Å². The van der Waals surface area contributed by atoms with Gasteiger partial charge in [-0.05, 0) is 30.7 Å². The topological polar surface area (TPSA) is 111 Å². The second-order valence-corrected chi connectivity index (χ2v) is 8.13. The van der Waals surface area contributed by atoms with Crippen LogP contribution in [0.3, 0.4) is 0 Å². The zero-order chi connectivity index (χ0) is 22.7. The molecule has 32 heavy (non-hydrogen) atoms. The zero-order valence-electron chi connectivity index (χ0n) is 17.8. The first-order valence-corrected chi connectivity index (χ1v) is 11.1. The minimum atomic E-state index is -0.335. The predicted molar refractivity (Wildman–Crippen MR) is 122 cm³/mol. The van der Waals surface area contributed by atoms with Gasteiger partial charge in [0.25, 0.3) is 0 Å². The number of hydrogen-bond donors (Lipinski definition) is 2. The largest absolute Gasteiger partial charge is 0.458 e. The summed E-state index contributed by atoms with van der Waals surface area (Å²) in [5.74, 6) is 0.675. The second-order valence-electron chi connectivity index (χ2n) is 7.27. The molecule has 4 aromatic rings. The predicted octanol–water partition coefficient (Wildman–Crippen LogP) is 3.20. The number of imidazole rings is 1. The molecule has 0 aliphatic rings. The third kappa shape index (κ3) is 4.50. The lowest BCUT2D eigenvalue weighted by molar-refractivity contribution is -0.119. The number of rotatable bonds is 8. The van der Waals surface area contributed by atoms with E-state index in [1.807, 2.05) is 31.2 Å². The van der Waals surface area contributed by atoms with Crippen molar-refractivity contribution in [3.8, 4) is 11.5 Å². The number of aromatic nitrogens is 3. The average Bonchev–Trinajstić information content (AvgIpc) is 3.48. The van der Waals surface area contributed by atoms with Gasteiger partial charge in [0.05, 0.1) is 17.6 Å². The van der Waals surface area contributed by atoms with Gasteiger partial charge in [-0.15, -0.1) is 11.3 Å². The van der Waals surface area contributed by atoms with Crippen LogP contribution in [0.2, 0.25) is 0 Å². The molecule has 0 saturated heterocycles. The fraction of sp³-hybridized carbons (Fsp3) is 0.273. The van der Waals surface area contributed by atoms with E-state index in [1.165, 1.54) is 22.8 Å². The highest BCUT2D eigenvalue weighted by Crippen LogP contribution is 2.26. The lowest BCUT2D eigenvalue weighted by Gasteiger charge is -2.03. The van der Waals surface area contributed by atoms with Crippen molar-refractivity contribution in [2.45, 2.75) is 39.9 Å². The number of nitrogens with zero attached hydrogens (tertiary/aromatic N) is 3. The van der Waals surface area contributed by atoms with Crippen LogP contribution in [-0.2, 0) is 29.2 Å². The van der Waals surface area contributed by atoms with Crippen molar-refractivity contribution in [1.82, 2.24) is 19.4 Å². The monoisotopic (exact) mass is 453 g/mol. The number of furan rings is 1. The molecule has 166 valence electrons. The van der Waals surface area contributed by atoms with Crippen molar-refractivity contribution in [2.24, 2.45) is 0 Å². The molecule has 9 nitrogen and oxygen atoms in total. The summed E-state index contributed by atoms with van der Waals surface area (Å²) in [6, 6.07) is 11.0. The van der Waals surface area contributed by atoms with E-state index >= 15 is 0 Å². The Morgan fingerprint density at radius 3 is 2.59 bits per heavy atom. The summed E-state index contributed by atoms with van der Waals surface area (Å²) in [4.78, 5) is 40.9. The SMILES string of the molecule is CCCn1c(=O)n(CC(=O)Nc2nc(-c3ccc(CNC(C)=O)o3)cs2)c2ccccc21. The van der Waals surface area contributed by atoms with E-state index in [-0.39, 0.29) is 24.0 Å². The van der Waals surface area contributed by atoms with Gasteiger partial charge in [-0.2, -0.15) is 0 Å². The summed E-state index contributed by atoms with van der Waals surface area (Å²) in [6.45, 7) is 4.23. The van der Waals surface area contributed by atoms with Crippen molar-refractivity contribution in [3.05, 3.63) is 58.0 Å². The van der Waals surface area contributed by atoms with Gasteiger partial charge in [0.2, 0.25) is 11.8 Å². The Morgan fingerprint density at radius 1 is 1.12 bits per heavy atom. The van der Waals surface area contributed by atoms with Crippen molar-refractivity contribution < 1.29 is 14.0 Å². The summed E-state index contributed by atoms with van der Waals surface area (Å²) in [5.41, 5.74) is 1.92. The van der Waals surface area contributed by atoms with Gasteiger partial charge in [-0.25, -0.2) is 9.78 Å². The Bertz CT molecular complexity index is 1330. The number of amides is 2. The normalized spacial score (nSPS) is 11.1. The van der Waals surface area contributed by atoms with E-state index < -0.39 is 0 Å². The minimum Gasteiger partial charge on any atom is -0.458 e. The quantitative estimate of drug-likeness (QED) is 0.426. The van der Waals surface area contributed by atoms with Crippen LogP contribution >= 0.6 is 11.3 Å². The number of anilines is 1. The first-order valence-electron chi connectivity index (χ1n) is 10.2. The highest BCUT2D eigenvalue weighted by atomic mass is 32.1. The van der Waals surface area contributed by atoms with Crippen LogP contribution in [0, 0.1) is 0 Å². The Balaban J connectivity index is 1.47. The number of carbonyl (C=O) groups is 2. The number of hydrogen-bond acceptors (Lipinski definition) is 6. The highest BCUT2D eigenvalue weighted by Gasteiger charge is 2.16. The van der Waals surface area contributed by atoms with E-state index in [0.717, 1.165) is 17.5 Å². The number of aryl methyl sites for hydroxylation is 1. The second kappa shape index (κ2) is 9.23. The van der Waals surface area contributed by atoms with Crippen LogP contribution in [0.15, 0.2) is 51.0 Å². The maximum Gasteiger partial charge on any atom is 0.329 e. The van der Waals surface area contributed by atoms with Crippen molar-refractivity contribution in [3.63, 3.8) is 0 Å². The molecule has 0 saturated carbocycles. The maximum atomic E-state index is 12.8. The zero-order valence-corrected chi connectivity index (χ0v) is 18.6. The molecule has 0 atom stereocenters. The van der Waals surface area contributed by atoms with E-state index in [1.54, 1.807) is 22.1 Å². The highest BCUT2D eigenvalue weighted by molar-refractivity contribution is 7.14. The maximum absolute atomic E-state index is 12.8. The van der Waals surface area contributed by atoms with Crippen LogP contribution < -0.4 is 16.3 Å². The molecular weight excluding hydrogens is 430 g/mol. The number of fused-ring (bicyclic) bond motifs is 1. The number of carbonyl (C=O) groups excluding carboxylic acids is 2. The number of benzene rings is 1. The fourth-order valence-electron chi connectivity index (χ4n) is 3.43. The molecule has 2 amide bonds. The van der Waals surface area contributed by atoms with Crippen LogP contribution in [0.1, 0.15) is 26.0 Å². The fourth-order valence-corrected chi connectivity index (χ4v) is 4.15. The molecule has 0 spiro atoms. The Hall–Kier alpha value is -3.66. The minimum absolute atomic E-state index is 0.105. The third-order valence-electron chi connectivity index (χ3n) is 4.85. The Morgan fingerprint density at radius 2 is 1.88 bits per heavy atom. The number of thiazole rings is 1. The first kappa shape index (κ1) is 21.6. The molecule has 0 fully saturated rings. The molecule has 10 heteroatoms. The smallest absolute Gasteiger partial charge is 0.329 e. The van der Waals surface area contributed by atoms with E-state index in [2.05, 4.69) is 15.6 Å². The first-order chi connectivity index (χ1) is 15.5. The molecule has 0 radical (unpaired) electrons. The lowest BCUT2D eigenvalue weighted by Crippen LogP contribution is -2.29. The molecule has 3 aromatic heterocycles. The summed E-state index contributed by atoms with van der Waals surface area (Å²) in [6.07, 6.45) is 0.821. The molecular formula is C22H23N5O4S. The van der Waals surface area contributed by atoms with Gasteiger partial charge in [0.15, 0.2) is 10.9 Å². The van der Waals surface area contributed by atoms with Gasteiger partial charge in [0, 0.05) is 18.8 Å². The molecule has 0 aliphatic carbocycles. The summed E-state index contributed by atoms with van der Waals surface area (Å²) in [7, 11) is 0. The molecule has 1 aromatic carbocycles. The Labute approximate surface area is 187 Å². The lowest BCUT2D eigenvalue weighted by atomic mass is 10.3. The molecule has 0 bridgehead atoms. The number of nitrogens with one attached hydrogen (secondary N) is 2. The van der Waals surface area contributed by atoms with Crippen LogP contribution in [-0.4, -0.2) is 25.9 Å². The van der Waals surface area contributed by atoms with Gasteiger partial charge < -0.3 is 15.1 Å². The van der Waals surface area contributed by atoms with Crippen molar-refractivity contribution in [1.29, 1.82) is 0 Å². The summed E-state index contributed by atoms with van der Waals surface area (Å²) in [5, 5.41) is 7.62. The average molecular weight is 454 g/mol. The molecule has 3 heterocycles. The third-order valence-corrected chi connectivity index (χ3v) is 5.61. The van der Waals surface area contributed by atoms with Crippen LogP contribution in [0.4, 0.5) is 5.13 Å². The van der Waals surface area contributed by atoms with Crippen molar-refractivity contribution >= 4 is 39.3 Å². The van der Waals surface area contributed by atoms with Gasteiger partial charge in [0.1, 0.15) is 18.0 Å². The van der Waals surface area contributed by atoms with Gasteiger partial charge in [-0.1, -0.05) is 19.1 Å². The van der Waals surface area contributed by atoms with E-state index in [9.17, 15) is 14.4 Å².